The molecule has 94 valence electrons. The van der Waals surface area contributed by atoms with Crippen LogP contribution in [-0.2, 0) is 0 Å². The van der Waals surface area contributed by atoms with Crippen LogP contribution in [0, 0.1) is 30.2 Å². The standard InChI is InChI=1S/C13H9F4N/c1-6-2-3-7(13(17)12(6)16)8-4-10(15)11(18)5-9(8)14/h2-5H,18H2,1H3. The number of halogens is 4. The molecule has 0 aromatic heterocycles. The third-order valence-electron chi connectivity index (χ3n) is 2.65. The Labute approximate surface area is 101 Å². The van der Waals surface area contributed by atoms with Gasteiger partial charge in [0.05, 0.1) is 5.69 Å². The van der Waals surface area contributed by atoms with E-state index in [1.54, 1.807) is 0 Å². The molecular formula is C13H9F4N. The van der Waals surface area contributed by atoms with Crippen molar-refractivity contribution < 1.29 is 17.6 Å². The van der Waals surface area contributed by atoms with Crippen molar-refractivity contribution in [2.24, 2.45) is 0 Å². The number of benzene rings is 2. The molecule has 2 aromatic rings. The molecule has 0 aliphatic carbocycles. The molecule has 0 heterocycles. The maximum atomic E-state index is 13.7. The van der Waals surface area contributed by atoms with Crippen LogP contribution in [0.1, 0.15) is 5.56 Å². The summed E-state index contributed by atoms with van der Waals surface area (Å²) in [6.45, 7) is 1.38. The van der Waals surface area contributed by atoms with E-state index < -0.39 is 23.3 Å². The average Bonchev–Trinajstić information content (AvgIpc) is 2.32. The van der Waals surface area contributed by atoms with E-state index in [0.717, 1.165) is 12.1 Å². The van der Waals surface area contributed by atoms with E-state index in [-0.39, 0.29) is 22.4 Å². The minimum atomic E-state index is -1.21. The van der Waals surface area contributed by atoms with Gasteiger partial charge >= 0.3 is 0 Å². The molecule has 0 aliphatic rings. The molecule has 0 radical (unpaired) electrons. The lowest BCUT2D eigenvalue weighted by Crippen LogP contribution is -1.98. The molecule has 2 aromatic carbocycles. The van der Waals surface area contributed by atoms with Gasteiger partial charge in [-0.1, -0.05) is 12.1 Å². The van der Waals surface area contributed by atoms with Gasteiger partial charge in [0.15, 0.2) is 11.6 Å². The molecule has 0 fully saturated rings. The Balaban J connectivity index is 2.70. The van der Waals surface area contributed by atoms with E-state index in [1.165, 1.54) is 19.1 Å². The smallest absolute Gasteiger partial charge is 0.167 e. The molecule has 2 rings (SSSR count). The van der Waals surface area contributed by atoms with Gasteiger partial charge in [-0.15, -0.1) is 0 Å². The highest BCUT2D eigenvalue weighted by Gasteiger charge is 2.17. The van der Waals surface area contributed by atoms with Gasteiger partial charge in [0.1, 0.15) is 11.6 Å². The second-order valence-electron chi connectivity index (χ2n) is 3.91. The van der Waals surface area contributed by atoms with Crippen molar-refractivity contribution in [3.8, 4) is 11.1 Å². The molecule has 0 bridgehead atoms. The fourth-order valence-electron chi connectivity index (χ4n) is 1.62. The van der Waals surface area contributed by atoms with E-state index >= 15 is 0 Å². The molecule has 0 spiro atoms. The Morgan fingerprint density at radius 3 is 2.17 bits per heavy atom. The van der Waals surface area contributed by atoms with Gasteiger partial charge in [-0.05, 0) is 18.6 Å². The van der Waals surface area contributed by atoms with Crippen LogP contribution in [0.5, 0.6) is 0 Å². The first kappa shape index (κ1) is 12.4. The molecule has 0 unspecified atom stereocenters. The Morgan fingerprint density at radius 2 is 1.50 bits per heavy atom. The molecule has 0 saturated heterocycles. The van der Waals surface area contributed by atoms with Crippen LogP contribution in [0.2, 0.25) is 0 Å². The highest BCUT2D eigenvalue weighted by molar-refractivity contribution is 5.67. The SMILES string of the molecule is Cc1ccc(-c2cc(F)c(N)cc2F)c(F)c1F. The molecule has 0 aliphatic heterocycles. The zero-order chi connectivity index (χ0) is 13.4. The van der Waals surface area contributed by atoms with Crippen LogP contribution in [-0.4, -0.2) is 0 Å². The van der Waals surface area contributed by atoms with Gasteiger partial charge in [-0.2, -0.15) is 0 Å². The van der Waals surface area contributed by atoms with Gasteiger partial charge < -0.3 is 5.73 Å². The van der Waals surface area contributed by atoms with Crippen LogP contribution in [0.15, 0.2) is 24.3 Å². The molecule has 0 atom stereocenters. The summed E-state index contributed by atoms with van der Waals surface area (Å²) in [7, 11) is 0. The molecule has 18 heavy (non-hydrogen) atoms. The Morgan fingerprint density at radius 1 is 0.833 bits per heavy atom. The minimum Gasteiger partial charge on any atom is -0.396 e. The molecule has 0 amide bonds. The van der Waals surface area contributed by atoms with Crippen LogP contribution < -0.4 is 5.73 Å². The lowest BCUT2D eigenvalue weighted by Gasteiger charge is -2.08. The fourth-order valence-corrected chi connectivity index (χ4v) is 1.62. The third kappa shape index (κ3) is 1.92. The molecule has 2 N–H and O–H groups in total. The van der Waals surface area contributed by atoms with E-state index in [9.17, 15) is 17.6 Å². The first-order valence-corrected chi connectivity index (χ1v) is 5.11. The first-order valence-electron chi connectivity index (χ1n) is 5.11. The summed E-state index contributed by atoms with van der Waals surface area (Å²) in [6.07, 6.45) is 0. The average molecular weight is 255 g/mol. The van der Waals surface area contributed by atoms with Crippen molar-refractivity contribution in [2.75, 3.05) is 5.73 Å². The molecular weight excluding hydrogens is 246 g/mol. The van der Waals surface area contributed by atoms with Crippen LogP contribution in [0.3, 0.4) is 0 Å². The Kier molecular flexibility index (Phi) is 2.98. The summed E-state index contributed by atoms with van der Waals surface area (Å²) < 4.78 is 53.9. The lowest BCUT2D eigenvalue weighted by molar-refractivity contribution is 0.504. The summed E-state index contributed by atoms with van der Waals surface area (Å²) in [5.41, 5.74) is 4.18. The van der Waals surface area contributed by atoms with Crippen molar-refractivity contribution in [1.82, 2.24) is 0 Å². The monoisotopic (exact) mass is 255 g/mol. The zero-order valence-electron chi connectivity index (χ0n) is 9.40. The van der Waals surface area contributed by atoms with Crippen LogP contribution >= 0.6 is 0 Å². The normalized spacial score (nSPS) is 10.7. The van der Waals surface area contributed by atoms with Crippen molar-refractivity contribution in [3.63, 3.8) is 0 Å². The van der Waals surface area contributed by atoms with E-state index in [4.69, 9.17) is 5.73 Å². The number of aryl methyl sites for hydroxylation is 1. The highest BCUT2D eigenvalue weighted by Crippen LogP contribution is 2.30. The Hall–Kier alpha value is -2.04. The van der Waals surface area contributed by atoms with E-state index in [2.05, 4.69) is 0 Å². The first-order chi connectivity index (χ1) is 8.41. The third-order valence-corrected chi connectivity index (χ3v) is 2.65. The van der Waals surface area contributed by atoms with Gasteiger partial charge in [-0.25, -0.2) is 17.6 Å². The number of rotatable bonds is 1. The maximum absolute atomic E-state index is 13.7. The number of hydrogen-bond donors (Lipinski definition) is 1. The quantitative estimate of drug-likeness (QED) is 0.608. The molecule has 5 heteroatoms. The van der Waals surface area contributed by atoms with Gasteiger partial charge in [0.2, 0.25) is 0 Å². The predicted octanol–water partition coefficient (Wildman–Crippen LogP) is 3.80. The number of nitrogens with two attached hydrogens (primary N) is 1. The summed E-state index contributed by atoms with van der Waals surface area (Å²) >= 11 is 0. The Bertz CT molecular complexity index is 623. The number of hydrogen-bond acceptors (Lipinski definition) is 1. The summed E-state index contributed by atoms with van der Waals surface area (Å²) in [5, 5.41) is 0. The second-order valence-corrected chi connectivity index (χ2v) is 3.91. The van der Waals surface area contributed by atoms with E-state index in [1.807, 2.05) is 0 Å². The van der Waals surface area contributed by atoms with Gasteiger partial charge in [0, 0.05) is 17.2 Å². The van der Waals surface area contributed by atoms with Crippen molar-refractivity contribution in [3.05, 3.63) is 53.1 Å². The number of anilines is 1. The zero-order valence-corrected chi connectivity index (χ0v) is 9.40. The minimum absolute atomic E-state index is 0.0903. The van der Waals surface area contributed by atoms with Crippen LogP contribution in [0.4, 0.5) is 23.2 Å². The molecule has 1 nitrogen and oxygen atoms in total. The maximum Gasteiger partial charge on any atom is 0.167 e. The van der Waals surface area contributed by atoms with Crippen molar-refractivity contribution in [1.29, 1.82) is 0 Å². The fraction of sp³-hybridized carbons (Fsp3) is 0.0769. The van der Waals surface area contributed by atoms with Gasteiger partial charge in [-0.3, -0.25) is 0 Å². The van der Waals surface area contributed by atoms with Gasteiger partial charge in [0.25, 0.3) is 0 Å². The van der Waals surface area contributed by atoms with Crippen LogP contribution in [0.25, 0.3) is 11.1 Å². The summed E-state index contributed by atoms with van der Waals surface area (Å²) in [6, 6.07) is 3.98. The van der Waals surface area contributed by atoms with Crippen molar-refractivity contribution >= 4 is 5.69 Å². The van der Waals surface area contributed by atoms with Crippen molar-refractivity contribution in [2.45, 2.75) is 6.92 Å². The summed E-state index contributed by atoms with van der Waals surface area (Å²) in [4.78, 5) is 0. The predicted molar refractivity (Wildman–Crippen MR) is 60.9 cm³/mol. The largest absolute Gasteiger partial charge is 0.396 e. The van der Waals surface area contributed by atoms with E-state index in [0.29, 0.717) is 0 Å². The number of nitrogen functional groups attached to an aromatic ring is 1. The summed E-state index contributed by atoms with van der Waals surface area (Å²) in [5.74, 6) is -4.08. The topological polar surface area (TPSA) is 26.0 Å². The lowest BCUT2D eigenvalue weighted by atomic mass is 10.0. The second kappa shape index (κ2) is 4.33. The highest BCUT2D eigenvalue weighted by atomic mass is 19.2. The molecule has 0 saturated carbocycles.